The van der Waals surface area contributed by atoms with Crippen molar-refractivity contribution < 1.29 is 14.3 Å². The van der Waals surface area contributed by atoms with E-state index < -0.39 is 0 Å². The highest BCUT2D eigenvalue weighted by Gasteiger charge is 2.33. The number of amides is 1. The fourth-order valence-electron chi connectivity index (χ4n) is 3.93. The van der Waals surface area contributed by atoms with Gasteiger partial charge in [0.1, 0.15) is 6.10 Å². The molecule has 2 heterocycles. The second kappa shape index (κ2) is 11.1. The van der Waals surface area contributed by atoms with Gasteiger partial charge >= 0.3 is 6.09 Å². The van der Waals surface area contributed by atoms with Gasteiger partial charge in [0, 0.05) is 32.7 Å². The van der Waals surface area contributed by atoms with E-state index in [2.05, 4.69) is 58.3 Å². The lowest BCUT2D eigenvalue weighted by Crippen LogP contribution is -2.44. The molecule has 0 aliphatic carbocycles. The van der Waals surface area contributed by atoms with E-state index in [-0.39, 0.29) is 19.6 Å². The first-order valence-electron chi connectivity index (χ1n) is 10.3. The summed E-state index contributed by atoms with van der Waals surface area (Å²) in [5.41, 5.74) is 2.52. The number of rotatable bonds is 8. The van der Waals surface area contributed by atoms with Crippen molar-refractivity contribution in [2.24, 2.45) is 0 Å². The van der Waals surface area contributed by atoms with Crippen LogP contribution < -0.4 is 0 Å². The van der Waals surface area contributed by atoms with Crippen LogP contribution in [0.3, 0.4) is 0 Å². The third-order valence-corrected chi connectivity index (χ3v) is 5.38. The van der Waals surface area contributed by atoms with E-state index in [1.54, 1.807) is 0 Å². The molecule has 0 radical (unpaired) electrons. The average molecular weight is 412 g/mol. The highest BCUT2D eigenvalue weighted by molar-refractivity contribution is 5.69. The second-order valence-corrected chi connectivity index (χ2v) is 7.74. The molecule has 4 rings (SSSR count). The van der Waals surface area contributed by atoms with Gasteiger partial charge in [-0.3, -0.25) is 14.7 Å². The van der Waals surface area contributed by atoms with E-state index in [1.807, 2.05) is 17.0 Å². The topological polar surface area (TPSA) is 45.2 Å². The predicted molar refractivity (Wildman–Crippen MR) is 118 cm³/mol. The van der Waals surface area contributed by atoms with E-state index in [0.717, 1.165) is 45.9 Å². The molecule has 0 saturated carbocycles. The van der Waals surface area contributed by atoms with E-state index >= 15 is 0 Å². The standard InChI is InChI=1S/C23H29N3O3.CH4/c27-23-26(19-24-11-13-28-14-12-24)18-22(29-23)17-25(15-20-7-3-1-4-8-20)16-21-9-5-2-6-10-21;/h1-10,22H,11-19H2;1H4/t22-;/m1./s1. The fourth-order valence-corrected chi connectivity index (χ4v) is 3.93. The summed E-state index contributed by atoms with van der Waals surface area (Å²) in [4.78, 5) is 18.8. The van der Waals surface area contributed by atoms with Gasteiger partial charge < -0.3 is 9.47 Å². The lowest BCUT2D eigenvalue weighted by atomic mass is 10.1. The molecule has 0 unspecified atom stereocenters. The summed E-state index contributed by atoms with van der Waals surface area (Å²) in [6.45, 7) is 6.82. The van der Waals surface area contributed by atoms with Crippen LogP contribution >= 0.6 is 0 Å². The minimum Gasteiger partial charge on any atom is -0.443 e. The van der Waals surface area contributed by atoms with E-state index in [4.69, 9.17) is 9.47 Å². The Morgan fingerprint density at radius 2 is 1.47 bits per heavy atom. The molecule has 0 bridgehead atoms. The third kappa shape index (κ3) is 6.29. The normalized spacial score (nSPS) is 19.6. The molecule has 0 aromatic heterocycles. The number of morpholine rings is 1. The van der Waals surface area contributed by atoms with Crippen molar-refractivity contribution in [2.45, 2.75) is 26.6 Å². The molecule has 2 saturated heterocycles. The van der Waals surface area contributed by atoms with Crippen molar-refractivity contribution in [3.63, 3.8) is 0 Å². The summed E-state index contributed by atoms with van der Waals surface area (Å²) in [5, 5.41) is 0. The molecule has 0 N–H and O–H groups in total. The van der Waals surface area contributed by atoms with Crippen LogP contribution in [0.25, 0.3) is 0 Å². The Hall–Kier alpha value is -2.41. The van der Waals surface area contributed by atoms with E-state index in [0.29, 0.717) is 13.2 Å². The minimum atomic E-state index is -0.208. The molecule has 2 fully saturated rings. The first-order chi connectivity index (χ1) is 14.3. The van der Waals surface area contributed by atoms with Crippen molar-refractivity contribution in [1.29, 1.82) is 0 Å². The summed E-state index contributed by atoms with van der Waals surface area (Å²) in [5.74, 6) is 0. The van der Waals surface area contributed by atoms with Crippen LogP contribution in [-0.2, 0) is 22.6 Å². The lowest BCUT2D eigenvalue weighted by molar-refractivity contribution is 0.0186. The zero-order valence-electron chi connectivity index (χ0n) is 16.8. The molecule has 2 aliphatic rings. The number of hydrogen-bond acceptors (Lipinski definition) is 5. The maximum absolute atomic E-state index is 12.4. The van der Waals surface area contributed by atoms with Crippen LogP contribution in [0.2, 0.25) is 0 Å². The molecule has 1 atom stereocenters. The Morgan fingerprint density at radius 3 is 2.03 bits per heavy atom. The summed E-state index contributed by atoms with van der Waals surface area (Å²) < 4.78 is 11.1. The molecule has 6 heteroatoms. The first kappa shape index (κ1) is 22.3. The zero-order valence-corrected chi connectivity index (χ0v) is 16.8. The Morgan fingerprint density at radius 1 is 0.900 bits per heavy atom. The largest absolute Gasteiger partial charge is 0.443 e. The van der Waals surface area contributed by atoms with Crippen LogP contribution in [0.1, 0.15) is 18.6 Å². The molecule has 162 valence electrons. The van der Waals surface area contributed by atoms with Crippen molar-refractivity contribution in [3.8, 4) is 0 Å². The average Bonchev–Trinajstić information content (AvgIpc) is 3.09. The molecule has 30 heavy (non-hydrogen) atoms. The number of cyclic esters (lactones) is 1. The SMILES string of the molecule is C.O=C1O[C@H](CN(Cc2ccccc2)Cc2ccccc2)CN1CN1CCOCC1. The number of ether oxygens (including phenoxy) is 2. The van der Waals surface area contributed by atoms with Gasteiger partial charge in [-0.2, -0.15) is 0 Å². The van der Waals surface area contributed by atoms with Crippen LogP contribution in [0.5, 0.6) is 0 Å². The Labute approximate surface area is 180 Å². The van der Waals surface area contributed by atoms with Gasteiger partial charge in [-0.25, -0.2) is 4.79 Å². The highest BCUT2D eigenvalue weighted by Crippen LogP contribution is 2.17. The molecular formula is C24H33N3O3. The molecule has 2 aromatic rings. The second-order valence-electron chi connectivity index (χ2n) is 7.74. The number of nitrogens with zero attached hydrogens (tertiary/aromatic N) is 3. The number of hydrogen-bond donors (Lipinski definition) is 0. The molecule has 2 aromatic carbocycles. The molecule has 6 nitrogen and oxygen atoms in total. The summed E-state index contributed by atoms with van der Waals surface area (Å²) in [7, 11) is 0. The lowest BCUT2D eigenvalue weighted by Gasteiger charge is -2.29. The quantitative estimate of drug-likeness (QED) is 0.666. The molecule has 1 amide bonds. The van der Waals surface area contributed by atoms with Crippen molar-refractivity contribution in [2.75, 3.05) is 46.1 Å². The third-order valence-electron chi connectivity index (χ3n) is 5.38. The summed E-state index contributed by atoms with van der Waals surface area (Å²) >= 11 is 0. The van der Waals surface area contributed by atoms with Crippen LogP contribution in [0, 0.1) is 0 Å². The van der Waals surface area contributed by atoms with Gasteiger partial charge in [0.2, 0.25) is 0 Å². The van der Waals surface area contributed by atoms with Gasteiger partial charge in [-0.05, 0) is 11.1 Å². The zero-order chi connectivity index (χ0) is 19.9. The predicted octanol–water partition coefficient (Wildman–Crippen LogP) is 3.44. The van der Waals surface area contributed by atoms with Gasteiger partial charge in [-0.1, -0.05) is 68.1 Å². The number of carbonyl (C=O) groups is 1. The molecule has 0 spiro atoms. The monoisotopic (exact) mass is 411 g/mol. The van der Waals surface area contributed by atoms with E-state index in [9.17, 15) is 4.79 Å². The minimum absolute atomic E-state index is 0. The Bertz CT molecular complexity index is 724. The number of carbonyl (C=O) groups excluding carboxylic acids is 1. The highest BCUT2D eigenvalue weighted by atomic mass is 16.6. The van der Waals surface area contributed by atoms with Crippen molar-refractivity contribution in [1.82, 2.24) is 14.7 Å². The van der Waals surface area contributed by atoms with Crippen LogP contribution in [0.4, 0.5) is 4.79 Å². The van der Waals surface area contributed by atoms with Gasteiger partial charge in [0.15, 0.2) is 0 Å². The van der Waals surface area contributed by atoms with Gasteiger partial charge in [0.05, 0.1) is 26.4 Å². The maximum atomic E-state index is 12.4. The summed E-state index contributed by atoms with van der Waals surface area (Å²) in [6.07, 6.45) is -0.322. The smallest absolute Gasteiger partial charge is 0.411 e. The number of benzene rings is 2. The van der Waals surface area contributed by atoms with Gasteiger partial charge in [-0.15, -0.1) is 0 Å². The Kier molecular flexibility index (Phi) is 8.25. The van der Waals surface area contributed by atoms with Crippen molar-refractivity contribution in [3.05, 3.63) is 71.8 Å². The van der Waals surface area contributed by atoms with Gasteiger partial charge in [0.25, 0.3) is 0 Å². The Balaban J connectivity index is 0.00000256. The van der Waals surface area contributed by atoms with E-state index in [1.165, 1.54) is 11.1 Å². The first-order valence-corrected chi connectivity index (χ1v) is 10.3. The van der Waals surface area contributed by atoms with Crippen molar-refractivity contribution >= 4 is 6.09 Å². The van der Waals surface area contributed by atoms with Crippen LogP contribution in [-0.4, -0.2) is 73.0 Å². The van der Waals surface area contributed by atoms with Crippen LogP contribution in [0.15, 0.2) is 60.7 Å². The molecular weight excluding hydrogens is 378 g/mol. The maximum Gasteiger partial charge on any atom is 0.411 e. The molecule has 2 aliphatic heterocycles. The fraction of sp³-hybridized carbons (Fsp3) is 0.458. The summed E-state index contributed by atoms with van der Waals surface area (Å²) in [6, 6.07) is 20.9.